The molecule has 0 aliphatic heterocycles. The molecule has 15 heavy (non-hydrogen) atoms. The Labute approximate surface area is 112 Å². The molecule has 0 aromatic heterocycles. The van der Waals surface area contributed by atoms with E-state index in [1.165, 1.54) is 6.92 Å². The molecule has 85 valence electrons. The number of hydrogen-bond donors (Lipinski definition) is 0. The molecule has 2 unspecified atom stereocenters. The minimum absolute atomic E-state index is 0. The molecule has 6 heteroatoms. The summed E-state index contributed by atoms with van der Waals surface area (Å²) in [5.74, 6) is -1.02. The molecule has 0 aromatic carbocycles. The second-order valence-corrected chi connectivity index (χ2v) is 3.05. The standard InChI is InChI=1S/C9H17FO4.Na/c1-4-5-12-7(2)6-13-8(3)9(11)14-10;/h7-8H,4-6H2,1-3H3;. The van der Waals surface area contributed by atoms with Gasteiger partial charge in [-0.25, -0.2) is 4.79 Å². The first-order valence-corrected chi connectivity index (χ1v) is 4.67. The fourth-order valence-corrected chi connectivity index (χ4v) is 0.778. The fraction of sp³-hybridized carbons (Fsp3) is 0.889. The van der Waals surface area contributed by atoms with E-state index in [9.17, 15) is 9.32 Å². The van der Waals surface area contributed by atoms with Crippen LogP contribution < -0.4 is 0 Å². The van der Waals surface area contributed by atoms with Crippen LogP contribution in [-0.2, 0) is 19.2 Å². The Balaban J connectivity index is 0. The van der Waals surface area contributed by atoms with Gasteiger partial charge in [-0.3, -0.25) is 4.94 Å². The monoisotopic (exact) mass is 231 g/mol. The van der Waals surface area contributed by atoms with Crippen LogP contribution in [0.3, 0.4) is 0 Å². The van der Waals surface area contributed by atoms with Crippen LogP contribution in [0.15, 0.2) is 0 Å². The summed E-state index contributed by atoms with van der Waals surface area (Å²) in [5, 5.41) is 0. The number of halogens is 1. The molecule has 0 rings (SSSR count). The maximum absolute atomic E-state index is 11.4. The molecule has 0 aromatic rings. The van der Waals surface area contributed by atoms with Crippen LogP contribution in [0.2, 0.25) is 0 Å². The fourth-order valence-electron chi connectivity index (χ4n) is 0.778. The van der Waals surface area contributed by atoms with Gasteiger partial charge in [0.15, 0.2) is 6.10 Å². The molecule has 0 fully saturated rings. The van der Waals surface area contributed by atoms with Crippen LogP contribution in [-0.4, -0.2) is 60.9 Å². The molecule has 0 heterocycles. The molecule has 4 nitrogen and oxygen atoms in total. The van der Waals surface area contributed by atoms with E-state index in [2.05, 4.69) is 4.94 Å². The summed E-state index contributed by atoms with van der Waals surface area (Å²) in [6.07, 6.45) is -0.0793. The molecule has 0 aliphatic carbocycles. The largest absolute Gasteiger partial charge is 0.376 e. The number of hydrogen-bond acceptors (Lipinski definition) is 4. The third-order valence-electron chi connectivity index (χ3n) is 1.60. The van der Waals surface area contributed by atoms with Gasteiger partial charge in [0.05, 0.1) is 12.7 Å². The Morgan fingerprint density at radius 2 is 1.93 bits per heavy atom. The number of carbonyl (C=O) groups excluding carboxylic acids is 1. The van der Waals surface area contributed by atoms with E-state index in [-0.39, 0.29) is 42.3 Å². The molecule has 1 radical (unpaired) electrons. The molecular weight excluding hydrogens is 214 g/mol. The van der Waals surface area contributed by atoms with Crippen molar-refractivity contribution < 1.29 is 23.7 Å². The van der Waals surface area contributed by atoms with Gasteiger partial charge in [-0.2, -0.15) is 0 Å². The maximum atomic E-state index is 11.4. The quantitative estimate of drug-likeness (QED) is 0.619. The van der Waals surface area contributed by atoms with Crippen molar-refractivity contribution in [2.24, 2.45) is 0 Å². The summed E-state index contributed by atoms with van der Waals surface area (Å²) in [6.45, 7) is 6.14. The average Bonchev–Trinajstić information content (AvgIpc) is 2.21. The van der Waals surface area contributed by atoms with Crippen molar-refractivity contribution in [1.29, 1.82) is 0 Å². The van der Waals surface area contributed by atoms with Gasteiger partial charge >= 0.3 is 5.97 Å². The van der Waals surface area contributed by atoms with Crippen LogP contribution in [0.25, 0.3) is 0 Å². The first kappa shape index (κ1) is 17.7. The molecule has 0 spiro atoms. The predicted octanol–water partition coefficient (Wildman–Crippen LogP) is 1.25. The molecule has 0 bridgehead atoms. The van der Waals surface area contributed by atoms with E-state index >= 15 is 0 Å². The molecule has 0 saturated heterocycles. The minimum Gasteiger partial charge on any atom is -0.376 e. The normalized spacial score (nSPS) is 13.9. The summed E-state index contributed by atoms with van der Waals surface area (Å²) in [5.41, 5.74) is 0. The van der Waals surface area contributed by atoms with Gasteiger partial charge in [0.1, 0.15) is 0 Å². The van der Waals surface area contributed by atoms with Crippen LogP contribution in [0.5, 0.6) is 0 Å². The Morgan fingerprint density at radius 1 is 1.33 bits per heavy atom. The summed E-state index contributed by atoms with van der Waals surface area (Å²) in [6, 6.07) is 0. The zero-order valence-corrected chi connectivity index (χ0v) is 11.8. The molecule has 0 saturated carbocycles. The third-order valence-corrected chi connectivity index (χ3v) is 1.60. The van der Waals surface area contributed by atoms with Crippen LogP contribution in [0.4, 0.5) is 4.53 Å². The van der Waals surface area contributed by atoms with Crippen molar-refractivity contribution in [1.82, 2.24) is 0 Å². The smallest absolute Gasteiger partial charge is 0.376 e. The summed E-state index contributed by atoms with van der Waals surface area (Å²) in [4.78, 5) is 13.6. The van der Waals surface area contributed by atoms with Gasteiger partial charge in [0.2, 0.25) is 0 Å². The second-order valence-electron chi connectivity index (χ2n) is 3.05. The van der Waals surface area contributed by atoms with Crippen molar-refractivity contribution in [2.45, 2.75) is 39.4 Å². The van der Waals surface area contributed by atoms with Gasteiger partial charge in [-0.15, -0.1) is 0 Å². The zero-order valence-electron chi connectivity index (χ0n) is 9.79. The van der Waals surface area contributed by atoms with Crippen molar-refractivity contribution in [3.05, 3.63) is 0 Å². The van der Waals surface area contributed by atoms with E-state index in [1.54, 1.807) is 0 Å². The Kier molecular flexibility index (Phi) is 12.8. The summed E-state index contributed by atoms with van der Waals surface area (Å²) >= 11 is 0. The van der Waals surface area contributed by atoms with Gasteiger partial charge in [0, 0.05) is 40.7 Å². The SMILES string of the molecule is CCCOC(C)COC(C)C(=O)OF.[Na]. The van der Waals surface area contributed by atoms with E-state index in [4.69, 9.17) is 9.47 Å². The first-order chi connectivity index (χ1) is 6.61. The van der Waals surface area contributed by atoms with Crippen LogP contribution >= 0.6 is 0 Å². The molecule has 2 atom stereocenters. The Bertz CT molecular complexity index is 168. The topological polar surface area (TPSA) is 44.8 Å². The summed E-state index contributed by atoms with van der Waals surface area (Å²) in [7, 11) is 0. The van der Waals surface area contributed by atoms with Crippen LogP contribution in [0.1, 0.15) is 27.2 Å². The second kappa shape index (κ2) is 10.8. The number of carbonyl (C=O) groups is 1. The van der Waals surface area contributed by atoms with E-state index in [1.807, 2.05) is 13.8 Å². The number of rotatable bonds is 7. The van der Waals surface area contributed by atoms with E-state index in [0.29, 0.717) is 6.61 Å². The molecule has 0 aliphatic rings. The minimum atomic E-state index is -1.02. The van der Waals surface area contributed by atoms with Gasteiger partial charge in [-0.1, -0.05) is 6.92 Å². The number of ether oxygens (including phenoxy) is 2. The van der Waals surface area contributed by atoms with E-state index < -0.39 is 12.1 Å². The first-order valence-electron chi connectivity index (χ1n) is 4.67. The van der Waals surface area contributed by atoms with Gasteiger partial charge < -0.3 is 9.47 Å². The van der Waals surface area contributed by atoms with E-state index in [0.717, 1.165) is 6.42 Å². The van der Waals surface area contributed by atoms with Crippen molar-refractivity contribution in [3.8, 4) is 0 Å². The Hall–Kier alpha value is 0.320. The average molecular weight is 231 g/mol. The zero-order chi connectivity index (χ0) is 11.0. The Morgan fingerprint density at radius 3 is 2.40 bits per heavy atom. The molecule has 0 amide bonds. The van der Waals surface area contributed by atoms with Crippen molar-refractivity contribution in [3.63, 3.8) is 0 Å². The maximum Gasteiger partial charge on any atom is 0.376 e. The molecule has 0 N–H and O–H groups in total. The van der Waals surface area contributed by atoms with Crippen molar-refractivity contribution in [2.75, 3.05) is 13.2 Å². The summed E-state index contributed by atoms with van der Waals surface area (Å²) < 4.78 is 21.7. The van der Waals surface area contributed by atoms with Gasteiger partial charge in [-0.05, 0) is 20.3 Å². The predicted molar refractivity (Wildman–Crippen MR) is 54.1 cm³/mol. The van der Waals surface area contributed by atoms with Gasteiger partial charge in [0.25, 0.3) is 0 Å². The molecular formula is C9H17FNaO4. The van der Waals surface area contributed by atoms with Crippen molar-refractivity contribution >= 4 is 35.5 Å². The third kappa shape index (κ3) is 9.26. The van der Waals surface area contributed by atoms with Crippen LogP contribution in [0, 0.1) is 0 Å².